The van der Waals surface area contributed by atoms with Gasteiger partial charge in [0.25, 0.3) is 0 Å². The predicted octanol–water partition coefficient (Wildman–Crippen LogP) is 2.04. The summed E-state index contributed by atoms with van der Waals surface area (Å²) in [6, 6.07) is 0. The summed E-state index contributed by atoms with van der Waals surface area (Å²) >= 11 is 0. The number of rotatable bonds is 9. The van der Waals surface area contributed by atoms with E-state index in [1.165, 1.54) is 0 Å². The normalized spacial score (nSPS) is 9.67. The minimum absolute atomic E-state index is 0.280. The Kier molecular flexibility index (Phi) is 11.0. The van der Waals surface area contributed by atoms with Crippen LogP contribution in [0.25, 0.3) is 0 Å². The summed E-state index contributed by atoms with van der Waals surface area (Å²) in [4.78, 5) is 22.0. The summed E-state index contributed by atoms with van der Waals surface area (Å²) in [6.45, 7) is 5.62. The summed E-state index contributed by atoms with van der Waals surface area (Å²) in [5, 5.41) is 5.10. The SMILES string of the molecule is CCCCCOC(=O)NCCCOC(=O)NCC. The van der Waals surface area contributed by atoms with E-state index in [0.29, 0.717) is 26.1 Å². The molecule has 0 heterocycles. The molecule has 0 aromatic rings. The molecular weight excluding hydrogens is 236 g/mol. The number of ether oxygens (including phenoxy) is 2. The average molecular weight is 260 g/mol. The third kappa shape index (κ3) is 11.0. The van der Waals surface area contributed by atoms with Gasteiger partial charge in [0.1, 0.15) is 0 Å². The molecule has 0 aliphatic carbocycles. The van der Waals surface area contributed by atoms with Crippen LogP contribution in [-0.4, -0.2) is 38.5 Å². The van der Waals surface area contributed by atoms with Crippen LogP contribution in [0.15, 0.2) is 0 Å². The lowest BCUT2D eigenvalue weighted by molar-refractivity contribution is 0.138. The Morgan fingerprint density at radius 1 is 0.889 bits per heavy atom. The Morgan fingerprint density at radius 3 is 2.11 bits per heavy atom. The number of unbranched alkanes of at least 4 members (excludes halogenated alkanes) is 2. The zero-order chi connectivity index (χ0) is 13.6. The molecule has 18 heavy (non-hydrogen) atoms. The molecule has 6 heteroatoms. The summed E-state index contributed by atoms with van der Waals surface area (Å²) in [5.41, 5.74) is 0. The van der Waals surface area contributed by atoms with Crippen molar-refractivity contribution in [1.82, 2.24) is 10.6 Å². The minimum Gasteiger partial charge on any atom is -0.450 e. The van der Waals surface area contributed by atoms with Gasteiger partial charge in [-0.05, 0) is 19.8 Å². The maximum absolute atomic E-state index is 11.2. The minimum atomic E-state index is -0.431. The van der Waals surface area contributed by atoms with Gasteiger partial charge in [0.05, 0.1) is 13.2 Å². The van der Waals surface area contributed by atoms with Crippen LogP contribution >= 0.6 is 0 Å². The first kappa shape index (κ1) is 16.5. The molecule has 0 bridgehead atoms. The van der Waals surface area contributed by atoms with Crippen LogP contribution in [0.5, 0.6) is 0 Å². The van der Waals surface area contributed by atoms with Crippen molar-refractivity contribution >= 4 is 12.2 Å². The lowest BCUT2D eigenvalue weighted by atomic mass is 10.3. The van der Waals surface area contributed by atoms with Gasteiger partial charge in [0.2, 0.25) is 0 Å². The highest BCUT2D eigenvalue weighted by atomic mass is 16.6. The molecule has 0 aromatic carbocycles. The molecule has 2 N–H and O–H groups in total. The van der Waals surface area contributed by atoms with Crippen LogP contribution in [0.2, 0.25) is 0 Å². The number of carbonyl (C=O) groups excluding carboxylic acids is 2. The molecule has 0 spiro atoms. The quantitative estimate of drug-likeness (QED) is 0.622. The maximum Gasteiger partial charge on any atom is 0.407 e. The van der Waals surface area contributed by atoms with Crippen molar-refractivity contribution in [3.63, 3.8) is 0 Å². The molecule has 0 rings (SSSR count). The van der Waals surface area contributed by atoms with Gasteiger partial charge in [0, 0.05) is 13.1 Å². The van der Waals surface area contributed by atoms with E-state index in [9.17, 15) is 9.59 Å². The number of amides is 2. The summed E-state index contributed by atoms with van der Waals surface area (Å²) in [5.74, 6) is 0. The topological polar surface area (TPSA) is 76.7 Å². The van der Waals surface area contributed by atoms with Crippen molar-refractivity contribution in [3.05, 3.63) is 0 Å². The summed E-state index contributed by atoms with van der Waals surface area (Å²) < 4.78 is 9.78. The zero-order valence-electron chi connectivity index (χ0n) is 11.3. The number of hydrogen-bond acceptors (Lipinski definition) is 4. The molecule has 0 saturated carbocycles. The van der Waals surface area contributed by atoms with Crippen LogP contribution in [0.4, 0.5) is 9.59 Å². The van der Waals surface area contributed by atoms with Crippen molar-refractivity contribution in [2.75, 3.05) is 26.3 Å². The Labute approximate surface area is 108 Å². The molecule has 0 aromatic heterocycles. The van der Waals surface area contributed by atoms with Crippen molar-refractivity contribution in [1.29, 1.82) is 0 Å². The average Bonchev–Trinajstić information content (AvgIpc) is 2.34. The highest BCUT2D eigenvalue weighted by Crippen LogP contribution is 1.94. The highest BCUT2D eigenvalue weighted by Gasteiger charge is 2.02. The van der Waals surface area contributed by atoms with Crippen LogP contribution < -0.4 is 10.6 Å². The number of carbonyl (C=O) groups is 2. The first-order valence-electron chi connectivity index (χ1n) is 6.52. The monoisotopic (exact) mass is 260 g/mol. The van der Waals surface area contributed by atoms with E-state index in [1.807, 2.05) is 6.92 Å². The third-order valence-electron chi connectivity index (χ3n) is 2.13. The van der Waals surface area contributed by atoms with Gasteiger partial charge in [-0.15, -0.1) is 0 Å². The molecule has 0 radical (unpaired) electrons. The lowest BCUT2D eigenvalue weighted by Crippen LogP contribution is -2.28. The molecule has 106 valence electrons. The van der Waals surface area contributed by atoms with E-state index in [4.69, 9.17) is 9.47 Å². The van der Waals surface area contributed by atoms with Crippen LogP contribution in [-0.2, 0) is 9.47 Å². The first-order valence-corrected chi connectivity index (χ1v) is 6.52. The molecule has 0 aliphatic heterocycles. The zero-order valence-corrected chi connectivity index (χ0v) is 11.3. The fourth-order valence-corrected chi connectivity index (χ4v) is 1.19. The van der Waals surface area contributed by atoms with Gasteiger partial charge >= 0.3 is 12.2 Å². The standard InChI is InChI=1S/C12H24N2O4/c1-3-5-6-9-17-12(16)14-8-7-10-18-11(15)13-4-2/h3-10H2,1-2H3,(H,13,15)(H,14,16). The van der Waals surface area contributed by atoms with Gasteiger partial charge in [-0.1, -0.05) is 19.8 Å². The second-order valence-corrected chi connectivity index (χ2v) is 3.79. The molecule has 0 fully saturated rings. The van der Waals surface area contributed by atoms with Crippen LogP contribution in [0, 0.1) is 0 Å². The molecule has 0 unspecified atom stereocenters. The van der Waals surface area contributed by atoms with Crippen molar-refractivity contribution in [2.45, 2.75) is 39.5 Å². The number of alkyl carbamates (subject to hydrolysis) is 2. The third-order valence-corrected chi connectivity index (χ3v) is 2.13. The fraction of sp³-hybridized carbons (Fsp3) is 0.833. The highest BCUT2D eigenvalue weighted by molar-refractivity contribution is 5.67. The van der Waals surface area contributed by atoms with E-state index in [1.54, 1.807) is 0 Å². The fourth-order valence-electron chi connectivity index (χ4n) is 1.19. The van der Waals surface area contributed by atoms with Crippen molar-refractivity contribution in [3.8, 4) is 0 Å². The van der Waals surface area contributed by atoms with Gasteiger partial charge in [-0.25, -0.2) is 9.59 Å². The smallest absolute Gasteiger partial charge is 0.407 e. The van der Waals surface area contributed by atoms with Gasteiger partial charge in [-0.3, -0.25) is 0 Å². The van der Waals surface area contributed by atoms with Crippen LogP contribution in [0.1, 0.15) is 39.5 Å². The summed E-state index contributed by atoms with van der Waals surface area (Å²) in [7, 11) is 0. The van der Waals surface area contributed by atoms with E-state index in [-0.39, 0.29) is 6.61 Å². The summed E-state index contributed by atoms with van der Waals surface area (Å²) in [6.07, 6.45) is 2.78. The van der Waals surface area contributed by atoms with Crippen LogP contribution in [0.3, 0.4) is 0 Å². The lowest BCUT2D eigenvalue weighted by Gasteiger charge is -2.07. The largest absolute Gasteiger partial charge is 0.450 e. The van der Waals surface area contributed by atoms with Gasteiger partial charge < -0.3 is 20.1 Å². The Hall–Kier alpha value is -1.46. The van der Waals surface area contributed by atoms with Gasteiger partial charge in [-0.2, -0.15) is 0 Å². The second kappa shape index (κ2) is 12.0. The first-order chi connectivity index (χ1) is 8.70. The van der Waals surface area contributed by atoms with Gasteiger partial charge in [0.15, 0.2) is 0 Å². The second-order valence-electron chi connectivity index (χ2n) is 3.79. The molecule has 6 nitrogen and oxygen atoms in total. The van der Waals surface area contributed by atoms with Crippen molar-refractivity contribution in [2.24, 2.45) is 0 Å². The Morgan fingerprint density at radius 2 is 1.50 bits per heavy atom. The Bertz CT molecular complexity index is 234. The molecule has 2 amide bonds. The molecule has 0 saturated heterocycles. The molecular formula is C12H24N2O4. The molecule has 0 aliphatic rings. The van der Waals surface area contributed by atoms with Crippen molar-refractivity contribution < 1.29 is 19.1 Å². The van der Waals surface area contributed by atoms with E-state index in [2.05, 4.69) is 17.6 Å². The Balaban J connectivity index is 3.27. The molecule has 0 atom stereocenters. The number of nitrogens with one attached hydrogen (secondary N) is 2. The predicted molar refractivity (Wildman–Crippen MR) is 68.5 cm³/mol. The van der Waals surface area contributed by atoms with E-state index in [0.717, 1.165) is 19.3 Å². The van der Waals surface area contributed by atoms with E-state index < -0.39 is 12.2 Å². The number of hydrogen-bond donors (Lipinski definition) is 2. The maximum atomic E-state index is 11.2. The van der Waals surface area contributed by atoms with E-state index >= 15 is 0 Å².